The van der Waals surface area contributed by atoms with E-state index in [2.05, 4.69) is 15.6 Å². The molecule has 0 unspecified atom stereocenters. The Morgan fingerprint density at radius 3 is 2.62 bits per heavy atom. The second-order valence-corrected chi connectivity index (χ2v) is 6.63. The Hall–Kier alpha value is -2.63. The second kappa shape index (κ2) is 7.72. The normalized spacial score (nSPS) is 15.6. The Balaban J connectivity index is 1.65. The van der Waals surface area contributed by atoms with Crippen molar-refractivity contribution in [3.63, 3.8) is 0 Å². The van der Waals surface area contributed by atoms with Crippen molar-refractivity contribution < 1.29 is 13.9 Å². The van der Waals surface area contributed by atoms with Crippen molar-refractivity contribution >= 4 is 5.96 Å². The number of hydrogen-bond donors (Lipinski definition) is 3. The fourth-order valence-electron chi connectivity index (χ4n) is 2.95. The van der Waals surface area contributed by atoms with Crippen LogP contribution in [0, 0.1) is 11.6 Å². The SMILES string of the molecule is CCNC(=NCc1ccc(O)c(F)c1)NCC1(c2cccc(F)c2)CC1. The molecule has 0 amide bonds. The quantitative estimate of drug-likeness (QED) is 0.547. The van der Waals surface area contributed by atoms with Crippen molar-refractivity contribution in [1.29, 1.82) is 0 Å². The third-order valence-corrected chi connectivity index (χ3v) is 4.66. The van der Waals surface area contributed by atoms with Crippen molar-refractivity contribution in [2.45, 2.75) is 31.7 Å². The molecule has 1 aliphatic rings. The zero-order valence-corrected chi connectivity index (χ0v) is 14.7. The lowest BCUT2D eigenvalue weighted by molar-refractivity contribution is 0.432. The van der Waals surface area contributed by atoms with Gasteiger partial charge in [0, 0.05) is 18.5 Å². The molecule has 138 valence electrons. The zero-order chi connectivity index (χ0) is 18.6. The largest absolute Gasteiger partial charge is 0.505 e. The smallest absolute Gasteiger partial charge is 0.191 e. The van der Waals surface area contributed by atoms with Gasteiger partial charge in [-0.05, 0) is 55.2 Å². The first-order valence-corrected chi connectivity index (χ1v) is 8.78. The van der Waals surface area contributed by atoms with Gasteiger partial charge in [-0.3, -0.25) is 0 Å². The Kier molecular flexibility index (Phi) is 5.40. The van der Waals surface area contributed by atoms with Crippen LogP contribution in [0.5, 0.6) is 5.75 Å². The van der Waals surface area contributed by atoms with Gasteiger partial charge in [0.05, 0.1) is 6.54 Å². The zero-order valence-electron chi connectivity index (χ0n) is 14.7. The van der Waals surface area contributed by atoms with E-state index in [1.54, 1.807) is 18.2 Å². The summed E-state index contributed by atoms with van der Waals surface area (Å²) >= 11 is 0. The molecule has 1 fully saturated rings. The Morgan fingerprint density at radius 1 is 1.15 bits per heavy atom. The average molecular weight is 359 g/mol. The lowest BCUT2D eigenvalue weighted by Crippen LogP contribution is -2.41. The van der Waals surface area contributed by atoms with Gasteiger partial charge in [0.15, 0.2) is 17.5 Å². The van der Waals surface area contributed by atoms with Crippen LogP contribution in [0.15, 0.2) is 47.5 Å². The molecular weight excluding hydrogens is 336 g/mol. The summed E-state index contributed by atoms with van der Waals surface area (Å²) < 4.78 is 26.9. The Labute approximate surface area is 152 Å². The van der Waals surface area contributed by atoms with E-state index in [9.17, 15) is 13.9 Å². The van der Waals surface area contributed by atoms with Gasteiger partial charge in [-0.15, -0.1) is 0 Å². The van der Waals surface area contributed by atoms with Gasteiger partial charge in [0.2, 0.25) is 0 Å². The Morgan fingerprint density at radius 2 is 1.96 bits per heavy atom. The van der Waals surface area contributed by atoms with Crippen LogP contribution in [0.2, 0.25) is 0 Å². The molecule has 0 radical (unpaired) electrons. The highest BCUT2D eigenvalue weighted by Crippen LogP contribution is 2.47. The number of phenols is 1. The third-order valence-electron chi connectivity index (χ3n) is 4.66. The molecule has 0 saturated heterocycles. The standard InChI is InChI=1S/C20H23F2N3O/c1-2-23-19(24-12-14-6-7-18(26)17(22)10-14)25-13-20(8-9-20)15-4-3-5-16(21)11-15/h3-7,10-11,26H,2,8-9,12-13H2,1H3,(H2,23,24,25). The molecule has 6 heteroatoms. The van der Waals surface area contributed by atoms with Gasteiger partial charge >= 0.3 is 0 Å². The van der Waals surface area contributed by atoms with E-state index in [-0.39, 0.29) is 17.0 Å². The number of rotatable bonds is 6. The van der Waals surface area contributed by atoms with Gasteiger partial charge in [0.1, 0.15) is 5.82 Å². The molecule has 0 aromatic heterocycles. The molecule has 2 aromatic rings. The molecule has 3 N–H and O–H groups in total. The van der Waals surface area contributed by atoms with Crippen LogP contribution in [0.1, 0.15) is 30.9 Å². The van der Waals surface area contributed by atoms with Crippen molar-refractivity contribution in [3.05, 3.63) is 65.2 Å². The number of hydrogen-bond acceptors (Lipinski definition) is 2. The molecule has 1 saturated carbocycles. The van der Waals surface area contributed by atoms with Crippen molar-refractivity contribution in [2.24, 2.45) is 4.99 Å². The van der Waals surface area contributed by atoms with Crippen molar-refractivity contribution in [1.82, 2.24) is 10.6 Å². The molecule has 0 spiro atoms. The monoisotopic (exact) mass is 359 g/mol. The van der Waals surface area contributed by atoms with E-state index in [0.29, 0.717) is 31.2 Å². The molecule has 1 aliphatic carbocycles. The molecule has 0 heterocycles. The average Bonchev–Trinajstić information content (AvgIpc) is 3.41. The van der Waals surface area contributed by atoms with Crippen molar-refractivity contribution in [2.75, 3.05) is 13.1 Å². The maximum atomic E-state index is 13.5. The van der Waals surface area contributed by atoms with Crippen LogP contribution in [0.25, 0.3) is 0 Å². The molecule has 2 aromatic carbocycles. The lowest BCUT2D eigenvalue weighted by atomic mass is 9.96. The fourth-order valence-corrected chi connectivity index (χ4v) is 2.95. The first-order chi connectivity index (χ1) is 12.5. The van der Waals surface area contributed by atoms with E-state index >= 15 is 0 Å². The number of nitrogens with zero attached hydrogens (tertiary/aromatic N) is 1. The molecule has 0 bridgehead atoms. The number of benzene rings is 2. The topological polar surface area (TPSA) is 56.7 Å². The van der Waals surface area contributed by atoms with E-state index in [0.717, 1.165) is 18.4 Å². The summed E-state index contributed by atoms with van der Waals surface area (Å²) in [6.45, 7) is 3.62. The third kappa shape index (κ3) is 4.31. The predicted molar refractivity (Wildman–Crippen MR) is 98.2 cm³/mol. The molecule has 4 nitrogen and oxygen atoms in total. The summed E-state index contributed by atoms with van der Waals surface area (Å²) in [5, 5.41) is 15.7. The van der Waals surface area contributed by atoms with Crippen LogP contribution in [0.3, 0.4) is 0 Å². The summed E-state index contributed by atoms with van der Waals surface area (Å²) in [5.41, 5.74) is 1.62. The van der Waals surface area contributed by atoms with E-state index in [1.807, 2.05) is 13.0 Å². The summed E-state index contributed by atoms with van der Waals surface area (Å²) in [6.07, 6.45) is 2.01. The van der Waals surface area contributed by atoms with Gasteiger partial charge in [-0.25, -0.2) is 13.8 Å². The van der Waals surface area contributed by atoms with Gasteiger partial charge in [-0.2, -0.15) is 0 Å². The molecular formula is C20H23F2N3O. The van der Waals surface area contributed by atoms with Crippen LogP contribution in [-0.2, 0) is 12.0 Å². The number of nitrogens with one attached hydrogen (secondary N) is 2. The minimum absolute atomic E-state index is 0.0526. The highest BCUT2D eigenvalue weighted by molar-refractivity contribution is 5.80. The van der Waals surface area contributed by atoms with Gasteiger partial charge < -0.3 is 15.7 Å². The first kappa shape index (κ1) is 18.2. The van der Waals surface area contributed by atoms with Crippen LogP contribution in [0.4, 0.5) is 8.78 Å². The molecule has 0 atom stereocenters. The maximum absolute atomic E-state index is 13.5. The van der Waals surface area contributed by atoms with Crippen molar-refractivity contribution in [3.8, 4) is 5.75 Å². The summed E-state index contributed by atoms with van der Waals surface area (Å²) in [7, 11) is 0. The maximum Gasteiger partial charge on any atom is 0.191 e. The highest BCUT2D eigenvalue weighted by Gasteiger charge is 2.44. The number of halogens is 2. The second-order valence-electron chi connectivity index (χ2n) is 6.63. The van der Waals surface area contributed by atoms with Crippen LogP contribution in [-0.4, -0.2) is 24.2 Å². The lowest BCUT2D eigenvalue weighted by Gasteiger charge is -2.19. The van der Waals surface area contributed by atoms with E-state index in [4.69, 9.17) is 0 Å². The highest BCUT2D eigenvalue weighted by atomic mass is 19.1. The fraction of sp³-hybridized carbons (Fsp3) is 0.350. The number of aromatic hydroxyl groups is 1. The number of guanidine groups is 1. The van der Waals surface area contributed by atoms with Crippen LogP contribution < -0.4 is 10.6 Å². The summed E-state index contributed by atoms with van der Waals surface area (Å²) in [5.74, 6) is -0.611. The summed E-state index contributed by atoms with van der Waals surface area (Å²) in [4.78, 5) is 4.47. The van der Waals surface area contributed by atoms with E-state index < -0.39 is 5.82 Å². The van der Waals surface area contributed by atoms with E-state index in [1.165, 1.54) is 18.2 Å². The van der Waals surface area contributed by atoms with Gasteiger partial charge in [-0.1, -0.05) is 18.2 Å². The number of aliphatic imine (C=N–C) groups is 1. The van der Waals surface area contributed by atoms with Crippen LogP contribution >= 0.6 is 0 Å². The van der Waals surface area contributed by atoms with Gasteiger partial charge in [0.25, 0.3) is 0 Å². The molecule has 3 rings (SSSR count). The first-order valence-electron chi connectivity index (χ1n) is 8.78. The minimum Gasteiger partial charge on any atom is -0.505 e. The Bertz CT molecular complexity index is 803. The molecule has 26 heavy (non-hydrogen) atoms. The number of phenolic OH excluding ortho intramolecular Hbond substituents is 1. The molecule has 0 aliphatic heterocycles. The predicted octanol–water partition coefficient (Wildman–Crippen LogP) is 3.46. The minimum atomic E-state index is -0.654. The summed E-state index contributed by atoms with van der Waals surface area (Å²) in [6, 6.07) is 11.0.